The van der Waals surface area contributed by atoms with Crippen molar-refractivity contribution in [2.75, 3.05) is 7.11 Å². The van der Waals surface area contributed by atoms with Crippen LogP contribution in [0.2, 0.25) is 0 Å². The van der Waals surface area contributed by atoms with Crippen LogP contribution in [0.5, 0.6) is 5.75 Å². The van der Waals surface area contributed by atoms with Crippen LogP contribution in [-0.4, -0.2) is 23.2 Å². The molecule has 0 saturated heterocycles. The SMILES string of the molecule is COc1cnc(-c2cc(F)cc(F)c2)cc1C(=O)O. The third-order valence-corrected chi connectivity index (χ3v) is 2.48. The molecule has 6 heteroatoms. The van der Waals surface area contributed by atoms with Crippen LogP contribution >= 0.6 is 0 Å². The Bertz CT molecular complexity index is 624. The van der Waals surface area contributed by atoms with Crippen molar-refractivity contribution in [1.29, 1.82) is 0 Å². The number of hydrogen-bond donors (Lipinski definition) is 1. The van der Waals surface area contributed by atoms with Gasteiger partial charge in [0.2, 0.25) is 0 Å². The monoisotopic (exact) mass is 265 g/mol. The summed E-state index contributed by atoms with van der Waals surface area (Å²) in [5.74, 6) is -2.65. The molecular formula is C13H9F2NO3. The summed E-state index contributed by atoms with van der Waals surface area (Å²) < 4.78 is 31.1. The lowest BCUT2D eigenvalue weighted by atomic mass is 10.1. The summed E-state index contributed by atoms with van der Waals surface area (Å²) >= 11 is 0. The molecule has 0 radical (unpaired) electrons. The van der Waals surface area contributed by atoms with Crippen molar-refractivity contribution in [3.63, 3.8) is 0 Å². The molecule has 0 atom stereocenters. The highest BCUT2D eigenvalue weighted by atomic mass is 19.1. The summed E-state index contributed by atoms with van der Waals surface area (Å²) in [6.45, 7) is 0. The summed E-state index contributed by atoms with van der Waals surface area (Å²) in [6, 6.07) is 4.08. The van der Waals surface area contributed by atoms with E-state index in [-0.39, 0.29) is 22.6 Å². The van der Waals surface area contributed by atoms with Gasteiger partial charge in [-0.2, -0.15) is 0 Å². The van der Waals surface area contributed by atoms with Crippen LogP contribution in [0, 0.1) is 11.6 Å². The molecule has 0 aliphatic carbocycles. The number of benzene rings is 1. The number of aromatic carboxylic acids is 1. The lowest BCUT2D eigenvalue weighted by Crippen LogP contribution is -2.02. The fraction of sp³-hybridized carbons (Fsp3) is 0.0769. The van der Waals surface area contributed by atoms with Gasteiger partial charge < -0.3 is 9.84 Å². The lowest BCUT2D eigenvalue weighted by molar-refractivity contribution is 0.0693. The number of aromatic nitrogens is 1. The number of carbonyl (C=O) groups is 1. The molecule has 1 aromatic carbocycles. The van der Waals surface area contributed by atoms with Gasteiger partial charge in [-0.15, -0.1) is 0 Å². The summed E-state index contributed by atoms with van der Waals surface area (Å²) in [7, 11) is 1.31. The number of methoxy groups -OCH3 is 1. The Hall–Kier alpha value is -2.50. The molecule has 98 valence electrons. The number of hydrogen-bond acceptors (Lipinski definition) is 3. The van der Waals surface area contributed by atoms with Gasteiger partial charge in [0.05, 0.1) is 19.0 Å². The number of carboxylic acids is 1. The Morgan fingerprint density at radius 2 is 1.84 bits per heavy atom. The Morgan fingerprint density at radius 1 is 1.21 bits per heavy atom. The standard InChI is InChI=1S/C13H9F2NO3/c1-19-12-6-16-11(5-10(12)13(17)18)7-2-8(14)4-9(15)3-7/h2-6H,1H3,(H,17,18). The van der Waals surface area contributed by atoms with E-state index in [0.717, 1.165) is 18.2 Å². The minimum absolute atomic E-state index is 0.0770. The third kappa shape index (κ3) is 2.67. The maximum Gasteiger partial charge on any atom is 0.339 e. The molecule has 0 aliphatic heterocycles. The van der Waals surface area contributed by atoms with Crippen LogP contribution in [0.3, 0.4) is 0 Å². The second-order valence-corrected chi connectivity index (χ2v) is 3.73. The van der Waals surface area contributed by atoms with Crippen molar-refractivity contribution in [3.05, 3.63) is 47.7 Å². The predicted octanol–water partition coefficient (Wildman–Crippen LogP) is 2.73. The second kappa shape index (κ2) is 5.01. The first-order valence-corrected chi connectivity index (χ1v) is 5.25. The van der Waals surface area contributed by atoms with E-state index in [4.69, 9.17) is 9.84 Å². The Kier molecular flexibility index (Phi) is 3.41. The average Bonchev–Trinajstić information content (AvgIpc) is 2.36. The highest BCUT2D eigenvalue weighted by molar-refractivity contribution is 5.92. The van der Waals surface area contributed by atoms with Crippen LogP contribution in [-0.2, 0) is 0 Å². The molecular weight excluding hydrogens is 256 g/mol. The van der Waals surface area contributed by atoms with Crippen LogP contribution in [0.4, 0.5) is 8.78 Å². The van der Waals surface area contributed by atoms with E-state index in [9.17, 15) is 13.6 Å². The van der Waals surface area contributed by atoms with E-state index in [1.165, 1.54) is 19.4 Å². The largest absolute Gasteiger partial charge is 0.494 e. The molecule has 0 saturated carbocycles. The number of ether oxygens (including phenoxy) is 1. The van der Waals surface area contributed by atoms with Crippen molar-refractivity contribution in [2.45, 2.75) is 0 Å². The Morgan fingerprint density at radius 3 is 2.37 bits per heavy atom. The molecule has 19 heavy (non-hydrogen) atoms. The van der Waals surface area contributed by atoms with E-state index in [0.29, 0.717) is 0 Å². The molecule has 2 rings (SSSR count). The Balaban J connectivity index is 2.57. The fourth-order valence-electron chi connectivity index (χ4n) is 1.63. The molecule has 1 aromatic heterocycles. The Labute approximate surface area is 107 Å². The molecule has 0 fully saturated rings. The molecule has 2 aromatic rings. The number of nitrogens with zero attached hydrogens (tertiary/aromatic N) is 1. The van der Waals surface area contributed by atoms with E-state index in [1.807, 2.05) is 0 Å². The van der Waals surface area contributed by atoms with Crippen LogP contribution in [0.1, 0.15) is 10.4 Å². The summed E-state index contributed by atoms with van der Waals surface area (Å²) in [6.07, 6.45) is 1.20. The highest BCUT2D eigenvalue weighted by Crippen LogP contribution is 2.25. The molecule has 0 unspecified atom stereocenters. The van der Waals surface area contributed by atoms with Gasteiger partial charge in [-0.05, 0) is 18.2 Å². The summed E-state index contributed by atoms with van der Waals surface area (Å²) in [5.41, 5.74) is 0.177. The first-order chi connectivity index (χ1) is 9.01. The first kappa shape index (κ1) is 12.9. The third-order valence-electron chi connectivity index (χ3n) is 2.48. The number of halogens is 2. The molecule has 4 nitrogen and oxygen atoms in total. The van der Waals surface area contributed by atoms with Gasteiger partial charge in [-0.3, -0.25) is 4.98 Å². The topological polar surface area (TPSA) is 59.4 Å². The van der Waals surface area contributed by atoms with Crippen LogP contribution < -0.4 is 4.74 Å². The maximum atomic E-state index is 13.1. The zero-order valence-corrected chi connectivity index (χ0v) is 9.85. The lowest BCUT2D eigenvalue weighted by Gasteiger charge is -2.07. The summed E-state index contributed by atoms with van der Waals surface area (Å²) in [4.78, 5) is 15.0. The minimum atomic E-state index is -1.21. The smallest absolute Gasteiger partial charge is 0.339 e. The van der Waals surface area contributed by atoms with Gasteiger partial charge >= 0.3 is 5.97 Å². The quantitative estimate of drug-likeness (QED) is 0.927. The van der Waals surface area contributed by atoms with Gasteiger partial charge in [-0.25, -0.2) is 13.6 Å². The van der Waals surface area contributed by atoms with E-state index in [2.05, 4.69) is 4.98 Å². The number of carboxylic acid groups (broad SMARTS) is 1. The zero-order valence-electron chi connectivity index (χ0n) is 9.85. The number of pyridine rings is 1. The van der Waals surface area contributed by atoms with Gasteiger partial charge in [-0.1, -0.05) is 0 Å². The van der Waals surface area contributed by atoms with Gasteiger partial charge in [0.15, 0.2) is 5.75 Å². The van der Waals surface area contributed by atoms with Gasteiger partial charge in [0.1, 0.15) is 17.2 Å². The van der Waals surface area contributed by atoms with E-state index < -0.39 is 17.6 Å². The van der Waals surface area contributed by atoms with Crippen molar-refractivity contribution in [1.82, 2.24) is 4.98 Å². The normalized spacial score (nSPS) is 10.3. The van der Waals surface area contributed by atoms with Gasteiger partial charge in [0.25, 0.3) is 0 Å². The van der Waals surface area contributed by atoms with Crippen molar-refractivity contribution >= 4 is 5.97 Å². The average molecular weight is 265 g/mol. The highest BCUT2D eigenvalue weighted by Gasteiger charge is 2.14. The van der Waals surface area contributed by atoms with Crippen molar-refractivity contribution in [2.24, 2.45) is 0 Å². The van der Waals surface area contributed by atoms with Crippen molar-refractivity contribution < 1.29 is 23.4 Å². The first-order valence-electron chi connectivity index (χ1n) is 5.25. The van der Waals surface area contributed by atoms with E-state index >= 15 is 0 Å². The maximum absolute atomic E-state index is 13.1. The summed E-state index contributed by atoms with van der Waals surface area (Å²) in [5, 5.41) is 9.02. The molecule has 0 bridgehead atoms. The number of rotatable bonds is 3. The minimum Gasteiger partial charge on any atom is -0.494 e. The van der Waals surface area contributed by atoms with Gasteiger partial charge in [0, 0.05) is 11.6 Å². The fourth-order valence-corrected chi connectivity index (χ4v) is 1.63. The second-order valence-electron chi connectivity index (χ2n) is 3.73. The predicted molar refractivity (Wildman–Crippen MR) is 63.1 cm³/mol. The molecule has 1 heterocycles. The molecule has 0 spiro atoms. The van der Waals surface area contributed by atoms with Crippen LogP contribution in [0.25, 0.3) is 11.3 Å². The molecule has 1 N–H and O–H groups in total. The van der Waals surface area contributed by atoms with Crippen LogP contribution in [0.15, 0.2) is 30.5 Å². The molecule has 0 amide bonds. The van der Waals surface area contributed by atoms with E-state index in [1.54, 1.807) is 0 Å². The zero-order chi connectivity index (χ0) is 14.0. The van der Waals surface area contributed by atoms with Crippen molar-refractivity contribution in [3.8, 4) is 17.0 Å². The molecule has 0 aliphatic rings.